The van der Waals surface area contributed by atoms with E-state index in [0.717, 1.165) is 0 Å². The molecule has 24 heavy (non-hydrogen) atoms. The normalized spacial score (nSPS) is 12.3. The lowest BCUT2D eigenvalue weighted by Crippen LogP contribution is -2.20. The molecule has 2 aromatic rings. The SMILES string of the molecule is Cc1nn(CC(=O)Nc2cc3c(cc2Cl)OCO3)c(C)c1[N+](=O)[O-]. The molecular weight excluding hydrogens is 340 g/mol. The molecule has 0 radical (unpaired) electrons. The van der Waals surface area contributed by atoms with E-state index in [2.05, 4.69) is 10.4 Å². The highest BCUT2D eigenvalue weighted by molar-refractivity contribution is 6.34. The maximum Gasteiger partial charge on any atom is 0.312 e. The Balaban J connectivity index is 1.77. The fraction of sp³-hybridized carbons (Fsp3) is 0.286. The topological polar surface area (TPSA) is 109 Å². The number of aryl methyl sites for hydroxylation is 1. The number of aromatic nitrogens is 2. The Labute approximate surface area is 141 Å². The fourth-order valence-electron chi connectivity index (χ4n) is 2.44. The first kappa shape index (κ1) is 16.1. The number of amides is 1. The zero-order chi connectivity index (χ0) is 17.4. The van der Waals surface area contributed by atoms with Crippen LogP contribution in [0.2, 0.25) is 5.02 Å². The number of hydrogen-bond acceptors (Lipinski definition) is 6. The van der Waals surface area contributed by atoms with Crippen molar-refractivity contribution in [1.29, 1.82) is 0 Å². The van der Waals surface area contributed by atoms with Crippen LogP contribution >= 0.6 is 11.6 Å². The van der Waals surface area contributed by atoms with E-state index in [9.17, 15) is 14.9 Å². The number of carbonyl (C=O) groups is 1. The van der Waals surface area contributed by atoms with E-state index in [1.54, 1.807) is 19.1 Å². The molecule has 1 aromatic heterocycles. The van der Waals surface area contributed by atoms with Gasteiger partial charge < -0.3 is 14.8 Å². The number of fused-ring (bicyclic) bond motifs is 1. The summed E-state index contributed by atoms with van der Waals surface area (Å²) in [6.45, 7) is 2.98. The molecule has 1 N–H and O–H groups in total. The van der Waals surface area contributed by atoms with Crippen molar-refractivity contribution in [2.45, 2.75) is 20.4 Å². The van der Waals surface area contributed by atoms with Crippen molar-refractivity contribution in [2.24, 2.45) is 0 Å². The molecule has 1 aliphatic heterocycles. The molecule has 0 saturated heterocycles. The second-order valence-electron chi connectivity index (χ2n) is 5.17. The summed E-state index contributed by atoms with van der Waals surface area (Å²) < 4.78 is 11.7. The van der Waals surface area contributed by atoms with Gasteiger partial charge in [-0.3, -0.25) is 19.6 Å². The fourth-order valence-corrected chi connectivity index (χ4v) is 2.65. The maximum absolute atomic E-state index is 12.2. The zero-order valence-electron chi connectivity index (χ0n) is 12.8. The van der Waals surface area contributed by atoms with Crippen LogP contribution in [0.3, 0.4) is 0 Å². The summed E-state index contributed by atoms with van der Waals surface area (Å²) in [4.78, 5) is 22.7. The number of hydrogen-bond donors (Lipinski definition) is 1. The Morgan fingerprint density at radius 1 is 1.42 bits per heavy atom. The van der Waals surface area contributed by atoms with E-state index in [1.807, 2.05) is 0 Å². The van der Waals surface area contributed by atoms with Crippen LogP contribution in [0.1, 0.15) is 11.4 Å². The van der Waals surface area contributed by atoms with Crippen molar-refractivity contribution in [2.75, 3.05) is 12.1 Å². The van der Waals surface area contributed by atoms with Gasteiger partial charge in [-0.1, -0.05) is 11.6 Å². The predicted octanol–water partition coefficient (Wildman–Crippen LogP) is 2.43. The standard InChI is InChI=1S/C14H13ClN4O5/c1-7-14(19(21)22)8(2)18(17-7)5-13(20)16-10-4-12-11(3-9(10)15)23-6-24-12/h3-4H,5-6H2,1-2H3,(H,16,20). The monoisotopic (exact) mass is 352 g/mol. The first-order chi connectivity index (χ1) is 11.4. The molecule has 2 heterocycles. The van der Waals surface area contributed by atoms with Gasteiger partial charge in [0.15, 0.2) is 11.5 Å². The largest absolute Gasteiger partial charge is 0.454 e. The van der Waals surface area contributed by atoms with Gasteiger partial charge in [-0.15, -0.1) is 0 Å². The Bertz CT molecular complexity index is 848. The number of ether oxygens (including phenoxy) is 2. The molecule has 0 spiro atoms. The Morgan fingerprint density at radius 3 is 2.71 bits per heavy atom. The van der Waals surface area contributed by atoms with E-state index in [4.69, 9.17) is 21.1 Å². The Hall–Kier alpha value is -2.81. The average Bonchev–Trinajstić information content (AvgIpc) is 3.03. The number of rotatable bonds is 4. The van der Waals surface area contributed by atoms with E-state index in [1.165, 1.54) is 11.6 Å². The summed E-state index contributed by atoms with van der Waals surface area (Å²) in [7, 11) is 0. The molecule has 0 bridgehead atoms. The van der Waals surface area contributed by atoms with Crippen molar-refractivity contribution in [1.82, 2.24) is 9.78 Å². The molecule has 1 aliphatic rings. The molecular formula is C14H13ClN4O5. The number of benzene rings is 1. The summed E-state index contributed by atoms with van der Waals surface area (Å²) >= 11 is 6.10. The molecule has 0 fully saturated rings. The number of anilines is 1. The van der Waals surface area contributed by atoms with Crippen LogP contribution in [0.5, 0.6) is 11.5 Å². The molecule has 9 nitrogen and oxygen atoms in total. The third kappa shape index (κ3) is 2.85. The average molecular weight is 353 g/mol. The van der Waals surface area contributed by atoms with E-state index < -0.39 is 10.8 Å². The lowest BCUT2D eigenvalue weighted by Gasteiger charge is -2.09. The van der Waals surface area contributed by atoms with Crippen molar-refractivity contribution in [3.8, 4) is 11.5 Å². The van der Waals surface area contributed by atoms with Crippen LogP contribution in [0.15, 0.2) is 12.1 Å². The van der Waals surface area contributed by atoms with Gasteiger partial charge in [-0.25, -0.2) is 0 Å². The molecule has 1 aromatic carbocycles. The number of halogens is 1. The first-order valence-corrected chi connectivity index (χ1v) is 7.32. The van der Waals surface area contributed by atoms with Gasteiger partial charge in [0.25, 0.3) is 0 Å². The van der Waals surface area contributed by atoms with Crippen LogP contribution < -0.4 is 14.8 Å². The van der Waals surface area contributed by atoms with Crippen LogP contribution in [0, 0.1) is 24.0 Å². The highest BCUT2D eigenvalue weighted by Gasteiger charge is 2.23. The minimum absolute atomic E-state index is 0.0936. The number of carbonyl (C=O) groups excluding carboxylic acids is 1. The van der Waals surface area contributed by atoms with Crippen molar-refractivity contribution in [3.63, 3.8) is 0 Å². The third-order valence-corrected chi connectivity index (χ3v) is 3.87. The maximum atomic E-state index is 12.2. The molecule has 1 amide bonds. The lowest BCUT2D eigenvalue weighted by molar-refractivity contribution is -0.386. The van der Waals surface area contributed by atoms with E-state index in [-0.39, 0.29) is 24.7 Å². The summed E-state index contributed by atoms with van der Waals surface area (Å²) in [6, 6.07) is 3.11. The van der Waals surface area contributed by atoms with Gasteiger partial charge in [0.2, 0.25) is 12.7 Å². The minimum Gasteiger partial charge on any atom is -0.454 e. The number of nitrogens with zero attached hydrogens (tertiary/aromatic N) is 3. The summed E-state index contributed by atoms with van der Waals surface area (Å²) in [5.74, 6) is 0.569. The van der Waals surface area contributed by atoms with E-state index >= 15 is 0 Å². The molecule has 0 unspecified atom stereocenters. The molecule has 126 valence electrons. The van der Waals surface area contributed by atoms with Gasteiger partial charge >= 0.3 is 5.69 Å². The molecule has 0 aliphatic carbocycles. The number of nitro groups is 1. The second kappa shape index (κ2) is 6.00. The molecule has 0 saturated carbocycles. The van der Waals surface area contributed by atoms with Gasteiger partial charge in [0.1, 0.15) is 17.9 Å². The molecule has 10 heteroatoms. The number of nitrogens with one attached hydrogen (secondary N) is 1. The highest BCUT2D eigenvalue weighted by atomic mass is 35.5. The van der Waals surface area contributed by atoms with Crippen molar-refractivity contribution in [3.05, 3.63) is 38.7 Å². The Morgan fingerprint density at radius 2 is 2.08 bits per heavy atom. The lowest BCUT2D eigenvalue weighted by atomic mass is 10.2. The van der Waals surface area contributed by atoms with Crippen LogP contribution in [0.4, 0.5) is 11.4 Å². The van der Waals surface area contributed by atoms with Gasteiger partial charge in [-0.05, 0) is 13.8 Å². The van der Waals surface area contributed by atoms with Gasteiger partial charge in [0, 0.05) is 12.1 Å². The molecule has 3 rings (SSSR count). The van der Waals surface area contributed by atoms with Crippen LogP contribution in [-0.4, -0.2) is 27.4 Å². The summed E-state index contributed by atoms with van der Waals surface area (Å²) in [5.41, 5.74) is 0.835. The van der Waals surface area contributed by atoms with Gasteiger partial charge in [-0.2, -0.15) is 5.10 Å². The van der Waals surface area contributed by atoms with E-state index in [0.29, 0.717) is 27.9 Å². The quantitative estimate of drug-likeness (QED) is 0.668. The zero-order valence-corrected chi connectivity index (χ0v) is 13.6. The Kier molecular flexibility index (Phi) is 4.02. The molecule has 0 atom stereocenters. The highest BCUT2D eigenvalue weighted by Crippen LogP contribution is 2.39. The summed E-state index contributed by atoms with van der Waals surface area (Å²) in [6.07, 6.45) is 0. The van der Waals surface area contributed by atoms with Gasteiger partial charge in [0.05, 0.1) is 15.6 Å². The third-order valence-electron chi connectivity index (χ3n) is 3.56. The second-order valence-corrected chi connectivity index (χ2v) is 5.57. The predicted molar refractivity (Wildman–Crippen MR) is 84.6 cm³/mol. The van der Waals surface area contributed by atoms with Crippen molar-refractivity contribution < 1.29 is 19.2 Å². The minimum atomic E-state index is -0.513. The van der Waals surface area contributed by atoms with Crippen LogP contribution in [-0.2, 0) is 11.3 Å². The van der Waals surface area contributed by atoms with Crippen LogP contribution in [0.25, 0.3) is 0 Å². The van der Waals surface area contributed by atoms with Crippen molar-refractivity contribution >= 4 is 28.9 Å². The first-order valence-electron chi connectivity index (χ1n) is 6.94. The summed E-state index contributed by atoms with van der Waals surface area (Å²) in [5, 5.41) is 18.0. The smallest absolute Gasteiger partial charge is 0.312 e.